The molecular formula is C18H19F3N6O2. The van der Waals surface area contributed by atoms with Gasteiger partial charge < -0.3 is 10.6 Å². The largest absolute Gasteiger partial charge is 0.433 e. The summed E-state index contributed by atoms with van der Waals surface area (Å²) in [5.41, 5.74) is 5.11. The van der Waals surface area contributed by atoms with Gasteiger partial charge in [-0.2, -0.15) is 13.2 Å². The van der Waals surface area contributed by atoms with Crippen molar-refractivity contribution in [3.63, 3.8) is 0 Å². The molecule has 3 amide bonds. The van der Waals surface area contributed by atoms with Crippen molar-refractivity contribution in [2.75, 3.05) is 0 Å². The highest BCUT2D eigenvalue weighted by Crippen LogP contribution is 2.29. The van der Waals surface area contributed by atoms with Gasteiger partial charge in [-0.1, -0.05) is 0 Å². The summed E-state index contributed by atoms with van der Waals surface area (Å²) in [6.07, 6.45) is -1.74. The number of alkyl halides is 3. The summed E-state index contributed by atoms with van der Waals surface area (Å²) in [5, 5.41) is 0. The summed E-state index contributed by atoms with van der Waals surface area (Å²) < 4.78 is 39.3. The second kappa shape index (κ2) is 8.11. The van der Waals surface area contributed by atoms with Gasteiger partial charge in [-0.25, -0.2) is 19.7 Å². The first kappa shape index (κ1) is 20.6. The standard InChI is InChI=1S/C18H19F3N6O2/c1-11-4-16(28)27(17(29)26(11)8-13-2-3-23-10-24-13)9-14-5-12(7-22)6-15(25-14)18(19,20)21/h2-3,5-6,10-11H,4,7-9,22H2,1H3. The topological polar surface area (TPSA) is 105 Å². The molecule has 2 aromatic rings. The molecule has 29 heavy (non-hydrogen) atoms. The zero-order valence-corrected chi connectivity index (χ0v) is 15.6. The molecule has 1 aliphatic rings. The van der Waals surface area contributed by atoms with Gasteiger partial charge >= 0.3 is 12.2 Å². The molecule has 3 heterocycles. The van der Waals surface area contributed by atoms with Crippen molar-refractivity contribution >= 4 is 11.9 Å². The third-order valence-electron chi connectivity index (χ3n) is 4.54. The fourth-order valence-electron chi connectivity index (χ4n) is 3.05. The fourth-order valence-corrected chi connectivity index (χ4v) is 3.05. The molecule has 1 saturated heterocycles. The van der Waals surface area contributed by atoms with Gasteiger partial charge in [-0.3, -0.25) is 9.69 Å². The lowest BCUT2D eigenvalue weighted by Gasteiger charge is -2.38. The van der Waals surface area contributed by atoms with Gasteiger partial charge in [-0.15, -0.1) is 0 Å². The normalized spacial score (nSPS) is 17.8. The number of amides is 3. The van der Waals surface area contributed by atoms with Crippen LogP contribution in [0, 0.1) is 0 Å². The molecule has 3 rings (SSSR count). The third-order valence-corrected chi connectivity index (χ3v) is 4.54. The van der Waals surface area contributed by atoms with Gasteiger partial charge in [0, 0.05) is 25.2 Å². The van der Waals surface area contributed by atoms with Crippen LogP contribution in [0.4, 0.5) is 18.0 Å². The number of aromatic nitrogens is 3. The van der Waals surface area contributed by atoms with Crippen LogP contribution in [-0.2, 0) is 30.6 Å². The Balaban J connectivity index is 1.86. The van der Waals surface area contributed by atoms with E-state index in [1.54, 1.807) is 13.0 Å². The molecule has 11 heteroatoms. The third kappa shape index (κ3) is 4.67. The number of nitrogens with two attached hydrogens (primary N) is 1. The lowest BCUT2D eigenvalue weighted by Crippen LogP contribution is -2.55. The molecule has 1 atom stereocenters. The quantitative estimate of drug-likeness (QED) is 0.812. The van der Waals surface area contributed by atoms with E-state index in [1.165, 1.54) is 23.5 Å². The Bertz CT molecular complexity index is 906. The highest BCUT2D eigenvalue weighted by molar-refractivity contribution is 5.97. The Morgan fingerprint density at radius 3 is 2.59 bits per heavy atom. The first-order chi connectivity index (χ1) is 13.7. The van der Waals surface area contributed by atoms with E-state index in [2.05, 4.69) is 15.0 Å². The minimum atomic E-state index is -4.66. The summed E-state index contributed by atoms with van der Waals surface area (Å²) in [6, 6.07) is 2.87. The predicted molar refractivity (Wildman–Crippen MR) is 94.7 cm³/mol. The Labute approximate surface area is 164 Å². The van der Waals surface area contributed by atoms with Crippen molar-refractivity contribution < 1.29 is 22.8 Å². The summed E-state index contributed by atoms with van der Waals surface area (Å²) in [7, 11) is 0. The number of rotatable bonds is 5. The first-order valence-corrected chi connectivity index (χ1v) is 8.82. The fraction of sp³-hybridized carbons (Fsp3) is 0.389. The van der Waals surface area contributed by atoms with Gasteiger partial charge in [-0.05, 0) is 30.7 Å². The molecule has 0 spiro atoms. The van der Waals surface area contributed by atoms with Gasteiger partial charge in [0.2, 0.25) is 5.91 Å². The SMILES string of the molecule is CC1CC(=O)N(Cc2cc(CN)cc(C(F)(F)F)n2)C(=O)N1Cc1ccncn1. The maximum absolute atomic E-state index is 13.1. The van der Waals surface area contributed by atoms with Crippen molar-refractivity contribution in [2.24, 2.45) is 5.73 Å². The average molecular weight is 408 g/mol. The molecule has 1 unspecified atom stereocenters. The molecule has 0 aliphatic carbocycles. The molecule has 1 fully saturated rings. The second-order valence-electron chi connectivity index (χ2n) is 6.70. The Hall–Kier alpha value is -3.08. The molecule has 154 valence electrons. The van der Waals surface area contributed by atoms with Crippen LogP contribution in [0.25, 0.3) is 0 Å². The second-order valence-corrected chi connectivity index (χ2v) is 6.70. The smallest absolute Gasteiger partial charge is 0.326 e. The van der Waals surface area contributed by atoms with Crippen LogP contribution in [0.1, 0.15) is 36.0 Å². The number of hydrogen-bond donors (Lipinski definition) is 1. The molecular weight excluding hydrogens is 389 g/mol. The summed E-state index contributed by atoms with van der Waals surface area (Å²) in [4.78, 5) is 39.2. The zero-order chi connectivity index (χ0) is 21.2. The van der Waals surface area contributed by atoms with Gasteiger partial charge in [0.1, 0.15) is 12.0 Å². The van der Waals surface area contributed by atoms with Crippen LogP contribution < -0.4 is 5.73 Å². The van der Waals surface area contributed by atoms with Crippen LogP contribution in [0.5, 0.6) is 0 Å². The number of carbonyl (C=O) groups excluding carboxylic acids is 2. The van der Waals surface area contributed by atoms with Crippen molar-refractivity contribution in [1.82, 2.24) is 24.8 Å². The Kier molecular flexibility index (Phi) is 5.78. The Morgan fingerprint density at radius 2 is 1.97 bits per heavy atom. The molecule has 0 saturated carbocycles. The van der Waals surface area contributed by atoms with Gasteiger partial charge in [0.25, 0.3) is 0 Å². The molecule has 2 N–H and O–H groups in total. The van der Waals surface area contributed by atoms with Gasteiger partial charge in [0.05, 0.1) is 24.5 Å². The average Bonchev–Trinajstić information content (AvgIpc) is 2.68. The summed E-state index contributed by atoms with van der Waals surface area (Å²) in [6.45, 7) is 1.37. The van der Waals surface area contributed by atoms with E-state index < -0.39 is 23.8 Å². The number of urea groups is 1. The molecule has 0 aromatic carbocycles. The van der Waals surface area contributed by atoms with E-state index in [0.29, 0.717) is 5.69 Å². The first-order valence-electron chi connectivity index (χ1n) is 8.82. The number of carbonyl (C=O) groups is 2. The number of halogens is 3. The van der Waals surface area contributed by atoms with Crippen LogP contribution in [-0.4, -0.2) is 42.7 Å². The summed E-state index contributed by atoms with van der Waals surface area (Å²) >= 11 is 0. The molecule has 0 radical (unpaired) electrons. The van der Waals surface area contributed by atoms with E-state index in [4.69, 9.17) is 5.73 Å². The Morgan fingerprint density at radius 1 is 1.21 bits per heavy atom. The highest BCUT2D eigenvalue weighted by atomic mass is 19.4. The lowest BCUT2D eigenvalue weighted by molar-refractivity contribution is -0.141. The molecule has 2 aromatic heterocycles. The predicted octanol–water partition coefficient (Wildman–Crippen LogP) is 2.09. The van der Waals surface area contributed by atoms with E-state index in [9.17, 15) is 22.8 Å². The monoisotopic (exact) mass is 408 g/mol. The van der Waals surface area contributed by atoms with Crippen LogP contribution in [0.3, 0.4) is 0 Å². The van der Waals surface area contributed by atoms with Crippen LogP contribution in [0.15, 0.2) is 30.7 Å². The van der Waals surface area contributed by atoms with Crippen LogP contribution in [0.2, 0.25) is 0 Å². The summed E-state index contributed by atoms with van der Waals surface area (Å²) in [5.74, 6) is -0.477. The number of imide groups is 1. The minimum Gasteiger partial charge on any atom is -0.326 e. The maximum atomic E-state index is 13.1. The molecule has 1 aliphatic heterocycles. The minimum absolute atomic E-state index is 0.0412. The van der Waals surface area contributed by atoms with Crippen molar-refractivity contribution in [3.8, 4) is 0 Å². The van der Waals surface area contributed by atoms with E-state index >= 15 is 0 Å². The van der Waals surface area contributed by atoms with E-state index in [0.717, 1.165) is 11.0 Å². The number of hydrogen-bond acceptors (Lipinski definition) is 6. The molecule has 0 bridgehead atoms. The number of pyridine rings is 1. The highest BCUT2D eigenvalue weighted by Gasteiger charge is 2.38. The van der Waals surface area contributed by atoms with E-state index in [1.807, 2.05) is 0 Å². The van der Waals surface area contributed by atoms with Crippen molar-refractivity contribution in [2.45, 2.75) is 45.2 Å². The van der Waals surface area contributed by atoms with Gasteiger partial charge in [0.15, 0.2) is 0 Å². The van der Waals surface area contributed by atoms with Crippen LogP contribution >= 0.6 is 0 Å². The number of nitrogens with zero attached hydrogens (tertiary/aromatic N) is 5. The molecule has 8 nitrogen and oxygen atoms in total. The van der Waals surface area contributed by atoms with Crippen molar-refractivity contribution in [1.29, 1.82) is 0 Å². The zero-order valence-electron chi connectivity index (χ0n) is 15.6. The van der Waals surface area contributed by atoms with E-state index in [-0.39, 0.29) is 43.4 Å². The van der Waals surface area contributed by atoms with Crippen molar-refractivity contribution in [3.05, 3.63) is 53.4 Å². The maximum Gasteiger partial charge on any atom is 0.433 e. The lowest BCUT2D eigenvalue weighted by atomic mass is 10.1.